The van der Waals surface area contributed by atoms with Gasteiger partial charge in [-0.2, -0.15) is 0 Å². The average molecular weight is 350 g/mol. The number of hydrogen-bond acceptors (Lipinski definition) is 4. The quantitative estimate of drug-likeness (QED) is 0.923. The molecule has 110 valence electrons. The van der Waals surface area contributed by atoms with Crippen molar-refractivity contribution in [3.63, 3.8) is 0 Å². The van der Waals surface area contributed by atoms with Gasteiger partial charge >= 0.3 is 0 Å². The molecule has 0 fully saturated rings. The number of nitrogens with two attached hydrogens (primary N) is 1. The van der Waals surface area contributed by atoms with Gasteiger partial charge in [0.05, 0.1) is 13.2 Å². The third-order valence-corrected chi connectivity index (χ3v) is 4.18. The maximum Gasteiger partial charge on any atom is 0.161 e. The molecular weight excluding hydrogens is 334 g/mol. The predicted octanol–water partition coefficient (Wildman–Crippen LogP) is 3.30. The van der Waals surface area contributed by atoms with Gasteiger partial charge in [-0.3, -0.25) is 0 Å². The lowest BCUT2D eigenvalue weighted by atomic mass is 10.0. The second kappa shape index (κ2) is 5.95. The molecule has 2 aromatic carbocycles. The zero-order valence-corrected chi connectivity index (χ0v) is 13.2. The maximum absolute atomic E-state index is 6.34. The molecule has 21 heavy (non-hydrogen) atoms. The highest BCUT2D eigenvalue weighted by atomic mass is 79.9. The van der Waals surface area contributed by atoms with E-state index in [4.69, 9.17) is 19.9 Å². The lowest BCUT2D eigenvalue weighted by Crippen LogP contribution is -2.39. The van der Waals surface area contributed by atoms with Gasteiger partial charge in [0.1, 0.15) is 12.4 Å². The van der Waals surface area contributed by atoms with Crippen LogP contribution in [-0.4, -0.2) is 19.8 Å². The van der Waals surface area contributed by atoms with E-state index in [1.807, 2.05) is 42.5 Å². The first-order valence-electron chi connectivity index (χ1n) is 6.66. The molecule has 4 nitrogen and oxygen atoms in total. The number of methoxy groups -OCH3 is 1. The van der Waals surface area contributed by atoms with Crippen LogP contribution in [0.5, 0.6) is 17.2 Å². The van der Waals surface area contributed by atoms with E-state index in [1.165, 1.54) is 0 Å². The molecule has 3 rings (SSSR count). The Morgan fingerprint density at radius 2 is 2.00 bits per heavy atom. The molecule has 0 saturated carbocycles. The van der Waals surface area contributed by atoms with Gasteiger partial charge in [0.2, 0.25) is 0 Å². The second-order valence-electron chi connectivity index (χ2n) is 4.83. The number of ether oxygens (including phenoxy) is 3. The molecule has 0 radical (unpaired) electrons. The van der Waals surface area contributed by atoms with E-state index in [2.05, 4.69) is 15.9 Å². The normalized spacial score (nSPS) is 18.1. The van der Waals surface area contributed by atoms with E-state index in [9.17, 15) is 0 Å². The summed E-state index contributed by atoms with van der Waals surface area (Å²) in [6.45, 7) is 0.427. The monoisotopic (exact) mass is 349 g/mol. The molecule has 1 aliphatic rings. The van der Waals surface area contributed by atoms with E-state index >= 15 is 0 Å². The van der Waals surface area contributed by atoms with Crippen LogP contribution in [0, 0.1) is 0 Å². The Bertz CT molecular complexity index is 647. The summed E-state index contributed by atoms with van der Waals surface area (Å²) in [6, 6.07) is 13.0. The summed E-state index contributed by atoms with van der Waals surface area (Å²) >= 11 is 3.53. The van der Waals surface area contributed by atoms with Gasteiger partial charge in [-0.05, 0) is 29.8 Å². The zero-order valence-electron chi connectivity index (χ0n) is 11.6. The number of fused-ring (bicyclic) bond motifs is 1. The van der Waals surface area contributed by atoms with Crippen molar-refractivity contribution in [2.45, 2.75) is 12.1 Å². The summed E-state index contributed by atoms with van der Waals surface area (Å²) < 4.78 is 17.8. The molecule has 1 aliphatic heterocycles. The second-order valence-corrected chi connectivity index (χ2v) is 5.68. The lowest BCUT2D eigenvalue weighted by molar-refractivity contribution is 0.0719. The first-order valence-corrected chi connectivity index (χ1v) is 7.46. The van der Waals surface area contributed by atoms with Crippen molar-refractivity contribution in [3.05, 3.63) is 52.5 Å². The van der Waals surface area contributed by atoms with E-state index in [0.717, 1.165) is 27.3 Å². The summed E-state index contributed by atoms with van der Waals surface area (Å²) in [4.78, 5) is 0. The summed E-state index contributed by atoms with van der Waals surface area (Å²) in [7, 11) is 1.64. The van der Waals surface area contributed by atoms with Crippen LogP contribution in [0.3, 0.4) is 0 Å². The molecule has 0 spiro atoms. The Morgan fingerprint density at radius 1 is 1.24 bits per heavy atom. The molecule has 1 heterocycles. The number of benzene rings is 2. The van der Waals surface area contributed by atoms with Crippen molar-refractivity contribution < 1.29 is 14.2 Å². The van der Waals surface area contributed by atoms with Crippen LogP contribution in [0.2, 0.25) is 0 Å². The van der Waals surface area contributed by atoms with Gasteiger partial charge in [-0.1, -0.05) is 34.1 Å². The van der Waals surface area contributed by atoms with Crippen LogP contribution in [0.15, 0.2) is 46.9 Å². The van der Waals surface area contributed by atoms with E-state index in [-0.39, 0.29) is 12.1 Å². The molecular formula is C16H16BrNO3. The summed E-state index contributed by atoms with van der Waals surface area (Å²) in [5, 5.41) is 0. The SMILES string of the molecule is COc1ccc(C(N)C2COc3ccccc3O2)c(Br)c1. The zero-order chi connectivity index (χ0) is 14.8. The van der Waals surface area contributed by atoms with Crippen LogP contribution in [0.25, 0.3) is 0 Å². The molecule has 0 aromatic heterocycles. The molecule has 0 saturated heterocycles. The van der Waals surface area contributed by atoms with Gasteiger partial charge in [0.25, 0.3) is 0 Å². The highest BCUT2D eigenvalue weighted by molar-refractivity contribution is 9.10. The molecule has 0 amide bonds. The fraction of sp³-hybridized carbons (Fsp3) is 0.250. The largest absolute Gasteiger partial charge is 0.497 e. The number of hydrogen-bond donors (Lipinski definition) is 1. The number of rotatable bonds is 3. The molecule has 2 N–H and O–H groups in total. The minimum Gasteiger partial charge on any atom is -0.497 e. The van der Waals surface area contributed by atoms with Crippen LogP contribution < -0.4 is 19.9 Å². The van der Waals surface area contributed by atoms with Crippen LogP contribution >= 0.6 is 15.9 Å². The van der Waals surface area contributed by atoms with E-state index < -0.39 is 0 Å². The number of halogens is 1. The van der Waals surface area contributed by atoms with Crippen molar-refractivity contribution in [2.75, 3.05) is 13.7 Å². The van der Waals surface area contributed by atoms with Crippen molar-refractivity contribution in [1.29, 1.82) is 0 Å². The molecule has 2 atom stereocenters. The smallest absolute Gasteiger partial charge is 0.161 e. The standard InChI is InChI=1S/C16H16BrNO3/c1-19-10-6-7-11(12(17)8-10)16(18)15-9-20-13-4-2-3-5-14(13)21-15/h2-8,15-16H,9,18H2,1H3. The predicted molar refractivity (Wildman–Crippen MR) is 84.0 cm³/mol. The van der Waals surface area contributed by atoms with Gasteiger partial charge < -0.3 is 19.9 Å². The van der Waals surface area contributed by atoms with Crippen LogP contribution in [0.4, 0.5) is 0 Å². The first kappa shape index (κ1) is 14.2. The van der Waals surface area contributed by atoms with Gasteiger partial charge in [0, 0.05) is 4.47 Å². The molecule has 2 aromatic rings. The lowest BCUT2D eigenvalue weighted by Gasteiger charge is -2.31. The summed E-state index contributed by atoms with van der Waals surface area (Å²) in [5.41, 5.74) is 7.31. The molecule has 5 heteroatoms. The minimum absolute atomic E-state index is 0.232. The van der Waals surface area contributed by atoms with Crippen molar-refractivity contribution >= 4 is 15.9 Å². The average Bonchev–Trinajstić information content (AvgIpc) is 2.53. The Kier molecular flexibility index (Phi) is 4.03. The van der Waals surface area contributed by atoms with Gasteiger partial charge in [-0.25, -0.2) is 0 Å². The topological polar surface area (TPSA) is 53.7 Å². The van der Waals surface area contributed by atoms with Crippen LogP contribution in [0.1, 0.15) is 11.6 Å². The minimum atomic E-state index is -0.293. The molecule has 2 unspecified atom stereocenters. The fourth-order valence-electron chi connectivity index (χ4n) is 2.32. The Balaban J connectivity index is 1.82. The Morgan fingerprint density at radius 3 is 2.71 bits per heavy atom. The Labute approximate surface area is 131 Å². The molecule has 0 aliphatic carbocycles. The first-order chi connectivity index (χ1) is 10.2. The summed E-state index contributed by atoms with van der Waals surface area (Å²) in [5.74, 6) is 2.27. The van der Waals surface area contributed by atoms with Crippen molar-refractivity contribution in [1.82, 2.24) is 0 Å². The summed E-state index contributed by atoms with van der Waals surface area (Å²) in [6.07, 6.45) is -0.232. The van der Waals surface area contributed by atoms with Crippen LogP contribution in [-0.2, 0) is 0 Å². The fourth-order valence-corrected chi connectivity index (χ4v) is 2.94. The number of para-hydroxylation sites is 2. The van der Waals surface area contributed by atoms with E-state index in [1.54, 1.807) is 7.11 Å². The Hall–Kier alpha value is -1.72. The van der Waals surface area contributed by atoms with Crippen molar-refractivity contribution in [3.8, 4) is 17.2 Å². The molecule has 0 bridgehead atoms. The van der Waals surface area contributed by atoms with Gasteiger partial charge in [0.15, 0.2) is 17.6 Å². The highest BCUT2D eigenvalue weighted by Crippen LogP contribution is 2.35. The van der Waals surface area contributed by atoms with Gasteiger partial charge in [-0.15, -0.1) is 0 Å². The third kappa shape index (κ3) is 2.84. The van der Waals surface area contributed by atoms with Crippen molar-refractivity contribution in [2.24, 2.45) is 5.73 Å². The highest BCUT2D eigenvalue weighted by Gasteiger charge is 2.28. The third-order valence-electron chi connectivity index (χ3n) is 3.50. The maximum atomic E-state index is 6.34. The van der Waals surface area contributed by atoms with E-state index in [0.29, 0.717) is 6.61 Å².